The fourth-order valence-electron chi connectivity index (χ4n) is 2.59. The van der Waals surface area contributed by atoms with Gasteiger partial charge < -0.3 is 14.2 Å². The molecule has 0 bridgehead atoms. The number of esters is 1. The molecule has 0 radical (unpaired) electrons. The molecule has 1 aromatic carbocycles. The van der Waals surface area contributed by atoms with Gasteiger partial charge in [0.1, 0.15) is 30.1 Å². The molecule has 1 aliphatic heterocycles. The molecule has 1 atom stereocenters. The van der Waals surface area contributed by atoms with Crippen molar-refractivity contribution in [2.75, 3.05) is 20.3 Å². The summed E-state index contributed by atoms with van der Waals surface area (Å²) in [5, 5.41) is 0. The third kappa shape index (κ3) is 3.01. The van der Waals surface area contributed by atoms with Crippen LogP contribution in [-0.4, -0.2) is 32.1 Å². The first kappa shape index (κ1) is 15.4. The average Bonchev–Trinajstić information content (AvgIpc) is 2.48. The molecular formula is C16H20O5. The van der Waals surface area contributed by atoms with Gasteiger partial charge in [-0.05, 0) is 18.6 Å². The molecular weight excluding hydrogens is 272 g/mol. The summed E-state index contributed by atoms with van der Waals surface area (Å²) >= 11 is 0. The van der Waals surface area contributed by atoms with Gasteiger partial charge in [0.15, 0.2) is 5.78 Å². The normalized spacial score (nSPS) is 20.4. The van der Waals surface area contributed by atoms with Gasteiger partial charge >= 0.3 is 5.97 Å². The van der Waals surface area contributed by atoms with Gasteiger partial charge in [0.05, 0.1) is 12.7 Å². The van der Waals surface area contributed by atoms with Gasteiger partial charge in [-0.3, -0.25) is 9.59 Å². The van der Waals surface area contributed by atoms with Crippen molar-refractivity contribution in [2.45, 2.75) is 26.7 Å². The van der Waals surface area contributed by atoms with Crippen LogP contribution in [0.4, 0.5) is 0 Å². The lowest BCUT2D eigenvalue weighted by Gasteiger charge is -2.35. The fraction of sp³-hybridized carbons (Fsp3) is 0.500. The zero-order valence-corrected chi connectivity index (χ0v) is 12.6. The third-order valence-electron chi connectivity index (χ3n) is 3.70. The molecule has 21 heavy (non-hydrogen) atoms. The molecule has 0 amide bonds. The summed E-state index contributed by atoms with van der Waals surface area (Å²) in [4.78, 5) is 23.9. The maximum Gasteiger partial charge on any atom is 0.302 e. The molecule has 0 aliphatic carbocycles. The number of benzene rings is 1. The number of fused-ring (bicyclic) bond motifs is 1. The van der Waals surface area contributed by atoms with Crippen LogP contribution < -0.4 is 9.47 Å². The summed E-state index contributed by atoms with van der Waals surface area (Å²) in [5.41, 5.74) is -0.273. The lowest BCUT2D eigenvalue weighted by Crippen LogP contribution is -2.45. The molecule has 1 aliphatic rings. The summed E-state index contributed by atoms with van der Waals surface area (Å²) in [6, 6.07) is 5.14. The van der Waals surface area contributed by atoms with Crippen LogP contribution >= 0.6 is 0 Å². The molecule has 2 rings (SSSR count). The van der Waals surface area contributed by atoms with E-state index in [1.165, 1.54) is 6.92 Å². The number of methoxy groups -OCH3 is 1. The van der Waals surface area contributed by atoms with Gasteiger partial charge in [-0.15, -0.1) is 0 Å². The zero-order chi connectivity index (χ0) is 15.5. The summed E-state index contributed by atoms with van der Waals surface area (Å²) in [7, 11) is 1.56. The molecule has 0 aromatic heterocycles. The van der Waals surface area contributed by atoms with Gasteiger partial charge in [0.2, 0.25) is 0 Å². The van der Waals surface area contributed by atoms with Crippen molar-refractivity contribution < 1.29 is 23.8 Å². The predicted molar refractivity (Wildman–Crippen MR) is 76.8 cm³/mol. The Morgan fingerprint density at radius 1 is 1.43 bits per heavy atom. The summed E-state index contributed by atoms with van der Waals surface area (Å²) < 4.78 is 16.0. The number of ether oxygens (including phenoxy) is 3. The van der Waals surface area contributed by atoms with Gasteiger partial charge in [0.25, 0.3) is 0 Å². The molecule has 0 N–H and O–H groups in total. The SMILES string of the molecule is CCC[C@]1(COC(C)=O)COc2cc(OC)ccc2C1=O. The maximum absolute atomic E-state index is 12.8. The molecule has 0 saturated carbocycles. The Morgan fingerprint density at radius 2 is 2.19 bits per heavy atom. The first-order valence-electron chi connectivity index (χ1n) is 7.01. The molecule has 5 heteroatoms. The first-order valence-corrected chi connectivity index (χ1v) is 7.01. The van der Waals surface area contributed by atoms with E-state index in [0.717, 1.165) is 6.42 Å². The minimum atomic E-state index is -0.790. The van der Waals surface area contributed by atoms with Crippen molar-refractivity contribution in [3.63, 3.8) is 0 Å². The van der Waals surface area contributed by atoms with Crippen LogP contribution in [0.25, 0.3) is 0 Å². The van der Waals surface area contributed by atoms with Crippen LogP contribution in [0.5, 0.6) is 11.5 Å². The molecule has 114 valence electrons. The van der Waals surface area contributed by atoms with Crippen molar-refractivity contribution in [2.24, 2.45) is 5.41 Å². The van der Waals surface area contributed by atoms with Gasteiger partial charge in [0, 0.05) is 13.0 Å². The molecule has 0 saturated heterocycles. The first-order chi connectivity index (χ1) is 10.0. The minimum absolute atomic E-state index is 0.0329. The van der Waals surface area contributed by atoms with E-state index in [0.29, 0.717) is 23.5 Å². The Hall–Kier alpha value is -2.04. The van der Waals surface area contributed by atoms with Crippen molar-refractivity contribution in [3.8, 4) is 11.5 Å². The molecule has 5 nitrogen and oxygen atoms in total. The maximum atomic E-state index is 12.8. The second-order valence-corrected chi connectivity index (χ2v) is 5.29. The standard InChI is InChI=1S/C16H20O5/c1-4-7-16(9-20-11(2)17)10-21-14-8-12(19-3)5-6-13(14)15(16)18/h5-6,8H,4,7,9-10H2,1-3H3/t16-/m0/s1. The Kier molecular flexibility index (Phi) is 4.50. The lowest BCUT2D eigenvalue weighted by atomic mass is 9.76. The number of hydrogen-bond acceptors (Lipinski definition) is 5. The van der Waals surface area contributed by atoms with E-state index in [9.17, 15) is 9.59 Å². The Labute approximate surface area is 124 Å². The number of carbonyl (C=O) groups is 2. The van der Waals surface area contributed by atoms with Crippen molar-refractivity contribution in [3.05, 3.63) is 23.8 Å². The molecule has 0 unspecified atom stereocenters. The quantitative estimate of drug-likeness (QED) is 0.781. The van der Waals surface area contributed by atoms with Gasteiger partial charge in [-0.1, -0.05) is 13.3 Å². The summed E-state index contributed by atoms with van der Waals surface area (Å²) in [6.45, 7) is 3.60. The fourth-order valence-corrected chi connectivity index (χ4v) is 2.59. The topological polar surface area (TPSA) is 61.8 Å². The van der Waals surface area contributed by atoms with E-state index in [1.807, 2.05) is 6.92 Å². The molecule has 1 heterocycles. The van der Waals surface area contributed by atoms with Gasteiger partial charge in [-0.25, -0.2) is 0 Å². The highest BCUT2D eigenvalue weighted by Crippen LogP contribution is 2.39. The zero-order valence-electron chi connectivity index (χ0n) is 12.6. The molecule has 1 aromatic rings. The van der Waals surface area contributed by atoms with Crippen LogP contribution in [0.2, 0.25) is 0 Å². The van der Waals surface area contributed by atoms with E-state index < -0.39 is 5.41 Å². The number of ketones is 1. The smallest absolute Gasteiger partial charge is 0.302 e. The van der Waals surface area contributed by atoms with Crippen molar-refractivity contribution >= 4 is 11.8 Å². The largest absolute Gasteiger partial charge is 0.497 e. The van der Waals surface area contributed by atoms with Crippen LogP contribution in [0.3, 0.4) is 0 Å². The van der Waals surface area contributed by atoms with E-state index in [-0.39, 0.29) is 25.0 Å². The Bertz CT molecular complexity index is 552. The number of carbonyl (C=O) groups excluding carboxylic acids is 2. The Morgan fingerprint density at radius 3 is 2.81 bits per heavy atom. The van der Waals surface area contributed by atoms with Crippen LogP contribution in [-0.2, 0) is 9.53 Å². The molecule has 0 spiro atoms. The van der Waals surface area contributed by atoms with Crippen molar-refractivity contribution in [1.82, 2.24) is 0 Å². The number of rotatable bonds is 5. The average molecular weight is 292 g/mol. The van der Waals surface area contributed by atoms with E-state index >= 15 is 0 Å². The van der Waals surface area contributed by atoms with Gasteiger partial charge in [-0.2, -0.15) is 0 Å². The monoisotopic (exact) mass is 292 g/mol. The van der Waals surface area contributed by atoms with E-state index in [4.69, 9.17) is 14.2 Å². The highest BCUT2D eigenvalue weighted by molar-refractivity contribution is 6.04. The molecule has 0 fully saturated rings. The number of hydrogen-bond donors (Lipinski definition) is 0. The lowest BCUT2D eigenvalue weighted by molar-refractivity contribution is -0.144. The second-order valence-electron chi connectivity index (χ2n) is 5.29. The minimum Gasteiger partial charge on any atom is -0.497 e. The van der Waals surface area contributed by atoms with Crippen LogP contribution in [0.1, 0.15) is 37.0 Å². The third-order valence-corrected chi connectivity index (χ3v) is 3.70. The number of Topliss-reactive ketones (excluding diaryl/α,β-unsaturated/α-hetero) is 1. The van der Waals surface area contributed by atoms with E-state index in [2.05, 4.69) is 0 Å². The van der Waals surface area contributed by atoms with Crippen molar-refractivity contribution in [1.29, 1.82) is 0 Å². The summed E-state index contributed by atoms with van der Waals surface area (Å²) in [6.07, 6.45) is 1.42. The van der Waals surface area contributed by atoms with Crippen LogP contribution in [0.15, 0.2) is 18.2 Å². The second kappa shape index (κ2) is 6.16. The Balaban J connectivity index is 2.32. The summed E-state index contributed by atoms with van der Waals surface area (Å²) in [5.74, 6) is 0.742. The van der Waals surface area contributed by atoms with E-state index in [1.54, 1.807) is 25.3 Å². The highest BCUT2D eigenvalue weighted by Gasteiger charge is 2.44. The highest BCUT2D eigenvalue weighted by atomic mass is 16.5. The predicted octanol–water partition coefficient (Wildman–Crippen LogP) is 2.62. The van der Waals surface area contributed by atoms with Crippen LogP contribution in [0, 0.1) is 5.41 Å².